The number of imidazole rings is 1. The van der Waals surface area contributed by atoms with Gasteiger partial charge in [-0.15, -0.1) is 11.3 Å². The molecule has 8 heteroatoms. The lowest BCUT2D eigenvalue weighted by atomic mass is 10.0. The molecule has 0 radical (unpaired) electrons. The Balaban J connectivity index is 2.00. The minimum Gasteiger partial charge on any atom is -0.331 e. The summed E-state index contributed by atoms with van der Waals surface area (Å²) in [6.45, 7) is 6.33. The average Bonchev–Trinajstić information content (AvgIpc) is 3.15. The van der Waals surface area contributed by atoms with Gasteiger partial charge in [-0.05, 0) is 37.0 Å². The standard InChI is InChI=1S/C19H22FN3O2S2/c1-12(2)8-16-10-17(19(26-16)27(21,24)25)14-4-5-15(18(20)9-14)11-23-7-6-22-13(23)3/h4-7,9-10,12H,8,11H2,1-3H3,(H2,21,24,25). The molecule has 0 amide bonds. The van der Waals surface area contributed by atoms with Gasteiger partial charge in [0.1, 0.15) is 15.9 Å². The first kappa shape index (κ1) is 19.7. The van der Waals surface area contributed by atoms with Crippen LogP contribution >= 0.6 is 11.3 Å². The predicted octanol–water partition coefficient (Wildman–Crippen LogP) is 3.95. The lowest BCUT2D eigenvalue weighted by Gasteiger charge is -2.09. The van der Waals surface area contributed by atoms with Crippen molar-refractivity contribution in [1.82, 2.24) is 9.55 Å². The highest BCUT2D eigenvalue weighted by molar-refractivity contribution is 7.91. The van der Waals surface area contributed by atoms with Crippen molar-refractivity contribution >= 4 is 21.4 Å². The predicted molar refractivity (Wildman–Crippen MR) is 106 cm³/mol. The van der Waals surface area contributed by atoms with Crippen LogP contribution in [0.15, 0.2) is 40.9 Å². The smallest absolute Gasteiger partial charge is 0.248 e. The van der Waals surface area contributed by atoms with Crippen molar-refractivity contribution in [1.29, 1.82) is 0 Å². The molecule has 0 aliphatic rings. The third-order valence-corrected chi connectivity index (χ3v) is 6.88. The number of aromatic nitrogens is 2. The van der Waals surface area contributed by atoms with Gasteiger partial charge in [0, 0.05) is 28.4 Å². The van der Waals surface area contributed by atoms with Crippen molar-refractivity contribution in [3.63, 3.8) is 0 Å². The first-order valence-corrected chi connectivity index (χ1v) is 10.9. The highest BCUT2D eigenvalue weighted by Gasteiger charge is 2.21. The maximum absolute atomic E-state index is 14.7. The molecule has 27 heavy (non-hydrogen) atoms. The van der Waals surface area contributed by atoms with Crippen LogP contribution in [0.4, 0.5) is 4.39 Å². The third kappa shape index (κ3) is 4.45. The molecule has 3 rings (SSSR count). The molecule has 3 aromatic rings. The molecule has 0 bridgehead atoms. The van der Waals surface area contributed by atoms with Gasteiger partial charge < -0.3 is 4.57 Å². The highest BCUT2D eigenvalue weighted by atomic mass is 32.2. The summed E-state index contributed by atoms with van der Waals surface area (Å²) in [5.41, 5.74) is 1.48. The Labute approximate surface area is 162 Å². The first-order chi connectivity index (χ1) is 12.6. The number of primary sulfonamides is 1. The van der Waals surface area contributed by atoms with Gasteiger partial charge in [0.2, 0.25) is 10.0 Å². The zero-order chi connectivity index (χ0) is 19.8. The summed E-state index contributed by atoms with van der Waals surface area (Å²) in [7, 11) is -3.88. The van der Waals surface area contributed by atoms with Crippen molar-refractivity contribution in [2.24, 2.45) is 11.1 Å². The van der Waals surface area contributed by atoms with Crippen LogP contribution in [0.1, 0.15) is 30.1 Å². The fourth-order valence-corrected chi connectivity index (χ4v) is 5.32. The number of benzene rings is 1. The van der Waals surface area contributed by atoms with Crippen LogP contribution in [-0.2, 0) is 23.0 Å². The van der Waals surface area contributed by atoms with Gasteiger partial charge >= 0.3 is 0 Å². The van der Waals surface area contributed by atoms with Gasteiger partial charge in [0.25, 0.3) is 0 Å². The second kappa shape index (κ2) is 7.53. The number of halogens is 1. The Morgan fingerprint density at radius 1 is 1.30 bits per heavy atom. The average molecular weight is 408 g/mol. The van der Waals surface area contributed by atoms with Crippen LogP contribution in [0.2, 0.25) is 0 Å². The molecular weight excluding hydrogens is 385 g/mol. The van der Waals surface area contributed by atoms with Gasteiger partial charge in [-0.2, -0.15) is 0 Å². The molecule has 2 aromatic heterocycles. The number of hydrogen-bond acceptors (Lipinski definition) is 4. The fraction of sp³-hybridized carbons (Fsp3) is 0.316. The first-order valence-electron chi connectivity index (χ1n) is 8.57. The van der Waals surface area contributed by atoms with Crippen molar-refractivity contribution in [3.8, 4) is 11.1 Å². The maximum atomic E-state index is 14.7. The second-order valence-corrected chi connectivity index (χ2v) is 9.86. The Bertz CT molecular complexity index is 1070. The van der Waals surface area contributed by atoms with Crippen LogP contribution in [0.25, 0.3) is 11.1 Å². The monoisotopic (exact) mass is 407 g/mol. The molecule has 1 aromatic carbocycles. The summed E-state index contributed by atoms with van der Waals surface area (Å²) >= 11 is 1.16. The zero-order valence-electron chi connectivity index (χ0n) is 15.4. The van der Waals surface area contributed by atoms with Crippen LogP contribution < -0.4 is 5.14 Å². The van der Waals surface area contributed by atoms with Gasteiger partial charge in [-0.3, -0.25) is 0 Å². The highest BCUT2D eigenvalue weighted by Crippen LogP contribution is 2.36. The molecule has 0 fully saturated rings. The van der Waals surface area contributed by atoms with Crippen molar-refractivity contribution in [3.05, 3.63) is 58.7 Å². The van der Waals surface area contributed by atoms with Crippen molar-refractivity contribution in [2.75, 3.05) is 0 Å². The van der Waals surface area contributed by atoms with E-state index in [1.807, 2.05) is 11.5 Å². The molecule has 0 atom stereocenters. The van der Waals surface area contributed by atoms with E-state index in [4.69, 9.17) is 5.14 Å². The third-order valence-electron chi connectivity index (χ3n) is 4.25. The Morgan fingerprint density at radius 2 is 2.04 bits per heavy atom. The molecule has 0 saturated heterocycles. The Morgan fingerprint density at radius 3 is 2.59 bits per heavy atom. The largest absolute Gasteiger partial charge is 0.331 e. The quantitative estimate of drug-likeness (QED) is 0.672. The minimum atomic E-state index is -3.88. The minimum absolute atomic E-state index is 0.0794. The molecule has 5 nitrogen and oxygen atoms in total. The summed E-state index contributed by atoms with van der Waals surface area (Å²) in [5, 5.41) is 5.39. The normalized spacial score (nSPS) is 12.1. The SMILES string of the molecule is Cc1nccn1Cc1ccc(-c2cc(CC(C)C)sc2S(N)(=O)=O)cc1F. The molecule has 144 valence electrons. The lowest BCUT2D eigenvalue weighted by molar-refractivity contribution is 0.596. The van der Waals surface area contributed by atoms with Gasteiger partial charge in [-0.25, -0.2) is 22.9 Å². The number of aryl methyl sites for hydroxylation is 1. The van der Waals surface area contributed by atoms with Gasteiger partial charge in [0.05, 0.1) is 6.54 Å². The molecule has 0 spiro atoms. The van der Waals surface area contributed by atoms with E-state index in [1.54, 1.807) is 30.6 Å². The van der Waals surface area contributed by atoms with E-state index in [0.29, 0.717) is 29.2 Å². The summed E-state index contributed by atoms with van der Waals surface area (Å²) in [5.74, 6) is 0.783. The lowest BCUT2D eigenvalue weighted by Crippen LogP contribution is -2.11. The number of sulfonamides is 1. The summed E-state index contributed by atoms with van der Waals surface area (Å²) in [6.07, 6.45) is 4.20. The Hall–Kier alpha value is -2.03. The number of nitrogens with zero attached hydrogens (tertiary/aromatic N) is 2. The summed E-state index contributed by atoms with van der Waals surface area (Å²) in [4.78, 5) is 5.05. The number of thiophene rings is 1. The van der Waals surface area contributed by atoms with E-state index in [1.165, 1.54) is 6.07 Å². The molecule has 2 N–H and O–H groups in total. The molecule has 0 aliphatic carbocycles. The molecule has 0 unspecified atom stereocenters. The van der Waals surface area contributed by atoms with E-state index in [9.17, 15) is 12.8 Å². The van der Waals surface area contributed by atoms with E-state index >= 15 is 0 Å². The fourth-order valence-electron chi connectivity index (χ4n) is 2.94. The number of nitrogens with two attached hydrogens (primary N) is 1. The van der Waals surface area contributed by atoms with Crippen molar-refractivity contribution in [2.45, 2.75) is 37.9 Å². The van der Waals surface area contributed by atoms with E-state index in [-0.39, 0.29) is 4.21 Å². The zero-order valence-corrected chi connectivity index (χ0v) is 17.1. The van der Waals surface area contributed by atoms with Crippen LogP contribution in [-0.4, -0.2) is 18.0 Å². The molecule has 0 saturated carbocycles. The van der Waals surface area contributed by atoms with Crippen LogP contribution in [0.5, 0.6) is 0 Å². The van der Waals surface area contributed by atoms with Crippen LogP contribution in [0.3, 0.4) is 0 Å². The summed E-state index contributed by atoms with van der Waals surface area (Å²) < 4.78 is 40.6. The van der Waals surface area contributed by atoms with Crippen LogP contribution in [0, 0.1) is 18.7 Å². The summed E-state index contributed by atoms with van der Waals surface area (Å²) in [6, 6.07) is 6.59. The Kier molecular flexibility index (Phi) is 5.50. The number of hydrogen-bond donors (Lipinski definition) is 1. The van der Waals surface area contributed by atoms with E-state index < -0.39 is 15.8 Å². The molecular formula is C19H22FN3O2S2. The van der Waals surface area contributed by atoms with Gasteiger partial charge in [-0.1, -0.05) is 26.0 Å². The maximum Gasteiger partial charge on any atom is 0.248 e. The van der Waals surface area contributed by atoms with E-state index in [2.05, 4.69) is 18.8 Å². The van der Waals surface area contributed by atoms with Crippen molar-refractivity contribution < 1.29 is 12.8 Å². The topological polar surface area (TPSA) is 78.0 Å². The van der Waals surface area contributed by atoms with Gasteiger partial charge in [0.15, 0.2) is 0 Å². The number of rotatable bonds is 6. The molecule has 0 aliphatic heterocycles. The second-order valence-electron chi connectivity index (χ2n) is 6.97. The molecule has 2 heterocycles. The van der Waals surface area contributed by atoms with E-state index in [0.717, 1.165) is 28.5 Å².